The number of amides is 1. The van der Waals surface area contributed by atoms with Gasteiger partial charge in [-0.1, -0.05) is 30.5 Å². The highest BCUT2D eigenvalue weighted by Crippen LogP contribution is 2.67. The van der Waals surface area contributed by atoms with Crippen molar-refractivity contribution in [3.8, 4) is 12.3 Å². The Labute approximate surface area is 202 Å². The fourth-order valence-corrected chi connectivity index (χ4v) is 7.72. The number of aliphatic hydroxyl groups is 1. The van der Waals surface area contributed by atoms with Gasteiger partial charge in [-0.2, -0.15) is 0 Å². The second kappa shape index (κ2) is 8.61. The van der Waals surface area contributed by atoms with Gasteiger partial charge in [-0.05, 0) is 92.7 Å². The van der Waals surface area contributed by atoms with E-state index in [2.05, 4.69) is 36.3 Å². The van der Waals surface area contributed by atoms with Crippen molar-refractivity contribution in [1.29, 1.82) is 0 Å². The minimum absolute atomic E-state index is 0.103. The second-order valence-corrected chi connectivity index (χ2v) is 11.2. The summed E-state index contributed by atoms with van der Waals surface area (Å²) in [7, 11) is 0. The lowest BCUT2D eigenvalue weighted by atomic mass is 9.46. The fraction of sp³-hybridized carbons (Fsp3) is 0.643. The molecule has 0 aliphatic heterocycles. The van der Waals surface area contributed by atoms with E-state index in [1.54, 1.807) is 12.3 Å². The molecular weight excluding hydrogens is 428 g/mol. The van der Waals surface area contributed by atoms with E-state index in [1.807, 2.05) is 6.07 Å². The first-order chi connectivity index (χ1) is 16.3. The Bertz CT molecular complexity index is 1040. The third-order valence-electron chi connectivity index (χ3n) is 9.79. The summed E-state index contributed by atoms with van der Waals surface area (Å²) in [5, 5.41) is 18.2. The van der Waals surface area contributed by atoms with Crippen molar-refractivity contribution < 1.29 is 19.2 Å². The topological polar surface area (TPSA) is 84.1 Å². The maximum Gasteiger partial charge on any atom is 0.261 e. The summed E-state index contributed by atoms with van der Waals surface area (Å²) in [5.74, 6) is 5.01. The third-order valence-corrected chi connectivity index (χ3v) is 9.79. The van der Waals surface area contributed by atoms with Crippen LogP contribution in [0.4, 0.5) is 0 Å². The smallest absolute Gasteiger partial charge is 0.261 e. The standard InChI is InChI=1S/C28H36N2O4/c1-4-28(32)14-11-24-22-8-7-19-16-20(9-12-26(19,2)23(22)10-13-27(24,28)3)30-34-18-25(31)29-17-21-6-5-15-33-21/h1,5-6,15-16,22-24,32H,7-14,17-18H2,2-3H3,(H,29,31)/b30-20-/t22?,23?,24?,26-,27-,28+/m0/s1. The highest BCUT2D eigenvalue weighted by Gasteiger charge is 2.63. The zero-order valence-electron chi connectivity index (χ0n) is 20.3. The lowest BCUT2D eigenvalue weighted by Gasteiger charge is -2.58. The predicted octanol–water partition coefficient (Wildman–Crippen LogP) is 4.60. The van der Waals surface area contributed by atoms with Crippen LogP contribution in [-0.2, 0) is 16.2 Å². The number of carbonyl (C=O) groups excluding carboxylic acids is 1. The Hall–Kier alpha value is -2.52. The number of hydrogen-bond donors (Lipinski definition) is 2. The molecule has 4 aliphatic rings. The molecule has 2 N–H and O–H groups in total. The van der Waals surface area contributed by atoms with Gasteiger partial charge in [0.05, 0.1) is 18.5 Å². The molecule has 5 rings (SSSR count). The van der Waals surface area contributed by atoms with Gasteiger partial charge in [0.25, 0.3) is 5.91 Å². The molecule has 0 aromatic carbocycles. The molecule has 1 aromatic rings. The maximum absolute atomic E-state index is 12.0. The van der Waals surface area contributed by atoms with E-state index in [4.69, 9.17) is 15.7 Å². The molecule has 0 spiro atoms. The number of terminal acetylenes is 1. The van der Waals surface area contributed by atoms with Crippen molar-refractivity contribution in [3.63, 3.8) is 0 Å². The molecule has 3 fully saturated rings. The number of furan rings is 1. The Morgan fingerprint density at radius 3 is 2.85 bits per heavy atom. The van der Waals surface area contributed by atoms with Crippen molar-refractivity contribution in [1.82, 2.24) is 5.32 Å². The zero-order valence-corrected chi connectivity index (χ0v) is 20.3. The summed E-state index contributed by atoms with van der Waals surface area (Å²) in [6.07, 6.45) is 17.6. The van der Waals surface area contributed by atoms with E-state index in [-0.39, 0.29) is 23.3 Å². The quantitative estimate of drug-likeness (QED) is 0.493. The van der Waals surface area contributed by atoms with Crippen molar-refractivity contribution in [3.05, 3.63) is 35.8 Å². The summed E-state index contributed by atoms with van der Waals surface area (Å²) in [6, 6.07) is 3.61. The average molecular weight is 465 g/mol. The lowest BCUT2D eigenvalue weighted by molar-refractivity contribution is -0.125. The molecule has 4 aliphatic carbocycles. The van der Waals surface area contributed by atoms with E-state index in [9.17, 15) is 9.90 Å². The lowest BCUT2D eigenvalue weighted by Crippen LogP contribution is -2.54. The Morgan fingerprint density at radius 1 is 1.26 bits per heavy atom. The van der Waals surface area contributed by atoms with Gasteiger partial charge >= 0.3 is 0 Å². The van der Waals surface area contributed by atoms with Gasteiger partial charge in [0.15, 0.2) is 6.61 Å². The largest absolute Gasteiger partial charge is 0.467 e. The molecule has 3 saturated carbocycles. The number of oxime groups is 1. The number of rotatable bonds is 5. The van der Waals surface area contributed by atoms with Gasteiger partial charge < -0.3 is 19.7 Å². The first kappa shape index (κ1) is 23.2. The van der Waals surface area contributed by atoms with Crippen LogP contribution in [0, 0.1) is 40.9 Å². The van der Waals surface area contributed by atoms with Crippen molar-refractivity contribution >= 4 is 11.6 Å². The molecule has 0 bridgehead atoms. The normalized spacial score (nSPS) is 39.9. The highest BCUT2D eigenvalue weighted by molar-refractivity contribution is 5.96. The second-order valence-electron chi connectivity index (χ2n) is 11.2. The van der Waals surface area contributed by atoms with Gasteiger partial charge in [-0.3, -0.25) is 4.79 Å². The zero-order chi connectivity index (χ0) is 24.0. The monoisotopic (exact) mass is 464 g/mol. The van der Waals surface area contributed by atoms with E-state index in [0.717, 1.165) is 57.1 Å². The molecule has 3 unspecified atom stereocenters. The third kappa shape index (κ3) is 3.69. The van der Waals surface area contributed by atoms with Gasteiger partial charge in [-0.15, -0.1) is 6.42 Å². The van der Waals surface area contributed by atoms with Crippen molar-refractivity contribution in [2.75, 3.05) is 6.61 Å². The van der Waals surface area contributed by atoms with Crippen LogP contribution < -0.4 is 5.32 Å². The molecule has 6 atom stereocenters. The number of nitrogens with one attached hydrogen (secondary N) is 1. The molecule has 6 heteroatoms. The molecule has 182 valence electrons. The van der Waals surface area contributed by atoms with Crippen molar-refractivity contribution in [2.24, 2.45) is 33.7 Å². The Balaban J connectivity index is 1.22. The molecule has 1 aromatic heterocycles. The van der Waals surface area contributed by atoms with Crippen LogP contribution in [0.1, 0.15) is 71.0 Å². The van der Waals surface area contributed by atoms with Crippen LogP contribution in [0.3, 0.4) is 0 Å². The molecule has 0 saturated heterocycles. The summed E-state index contributed by atoms with van der Waals surface area (Å²) >= 11 is 0. The summed E-state index contributed by atoms with van der Waals surface area (Å²) in [5.41, 5.74) is 1.45. The predicted molar refractivity (Wildman–Crippen MR) is 129 cm³/mol. The Morgan fingerprint density at radius 2 is 2.09 bits per heavy atom. The molecular formula is C28H36N2O4. The van der Waals surface area contributed by atoms with Gasteiger partial charge in [0.2, 0.25) is 0 Å². The van der Waals surface area contributed by atoms with Crippen LogP contribution in [0.25, 0.3) is 0 Å². The molecule has 1 heterocycles. The highest BCUT2D eigenvalue weighted by atomic mass is 16.6. The fourth-order valence-electron chi connectivity index (χ4n) is 7.72. The Kier molecular flexibility index (Phi) is 5.88. The molecule has 0 radical (unpaired) electrons. The summed E-state index contributed by atoms with van der Waals surface area (Å²) < 4.78 is 5.21. The number of fused-ring (bicyclic) bond motifs is 5. The first-order valence-electron chi connectivity index (χ1n) is 12.7. The number of nitrogens with zero attached hydrogens (tertiary/aromatic N) is 1. The minimum Gasteiger partial charge on any atom is -0.467 e. The van der Waals surface area contributed by atoms with Crippen LogP contribution in [0.2, 0.25) is 0 Å². The number of allylic oxidation sites excluding steroid dienone is 2. The van der Waals surface area contributed by atoms with Crippen LogP contribution in [0.5, 0.6) is 0 Å². The van der Waals surface area contributed by atoms with Crippen LogP contribution in [0.15, 0.2) is 39.6 Å². The minimum atomic E-state index is -0.951. The van der Waals surface area contributed by atoms with E-state index in [0.29, 0.717) is 30.1 Å². The van der Waals surface area contributed by atoms with Gasteiger partial charge in [-0.25, -0.2) is 0 Å². The summed E-state index contributed by atoms with van der Waals surface area (Å²) in [6.45, 7) is 4.91. The van der Waals surface area contributed by atoms with Crippen LogP contribution >= 0.6 is 0 Å². The van der Waals surface area contributed by atoms with E-state index < -0.39 is 5.60 Å². The summed E-state index contributed by atoms with van der Waals surface area (Å²) in [4.78, 5) is 17.4. The van der Waals surface area contributed by atoms with Gasteiger partial charge in [0, 0.05) is 5.41 Å². The SMILES string of the molecule is C#C[C@@]1(O)CCC2C3CCC4=C/C(=N\OCC(=O)NCc5ccco5)CC[C@]4(C)C3CC[C@@]21C. The average Bonchev–Trinajstić information content (AvgIpc) is 3.44. The molecule has 6 nitrogen and oxygen atoms in total. The molecule has 1 amide bonds. The van der Waals surface area contributed by atoms with E-state index >= 15 is 0 Å². The van der Waals surface area contributed by atoms with E-state index in [1.165, 1.54) is 5.57 Å². The molecule has 34 heavy (non-hydrogen) atoms. The number of hydrogen-bond acceptors (Lipinski definition) is 5. The maximum atomic E-state index is 12.0. The number of carbonyl (C=O) groups is 1. The van der Waals surface area contributed by atoms with Crippen LogP contribution in [-0.4, -0.2) is 28.9 Å². The van der Waals surface area contributed by atoms with Crippen molar-refractivity contribution in [2.45, 2.75) is 77.4 Å². The van der Waals surface area contributed by atoms with Gasteiger partial charge in [0.1, 0.15) is 11.4 Å². The first-order valence-corrected chi connectivity index (χ1v) is 12.7.